The molecule has 0 saturated carbocycles. The molecule has 17 heavy (non-hydrogen) atoms. The molecule has 3 aromatic rings. The molecule has 0 unspecified atom stereocenters. The highest BCUT2D eigenvalue weighted by Gasteiger charge is 2.05. The molecular weight excluding hydrogens is 208 g/mol. The highest BCUT2D eigenvalue weighted by atomic mass is 16.3. The third kappa shape index (κ3) is 1.55. The molecule has 0 saturated heterocycles. The molecule has 3 rings (SSSR count). The Bertz CT molecular complexity index is 726. The molecule has 0 bridgehead atoms. The van der Waals surface area contributed by atoms with Crippen LogP contribution in [0.15, 0.2) is 42.5 Å². The molecule has 3 aromatic carbocycles. The minimum Gasteiger partial charge on any atom is -0.507 e. The molecule has 0 aliphatic carbocycles. The lowest BCUT2D eigenvalue weighted by Gasteiger charge is -2.08. The molecular formula is C16H14O. The van der Waals surface area contributed by atoms with E-state index in [-0.39, 0.29) is 0 Å². The summed E-state index contributed by atoms with van der Waals surface area (Å²) >= 11 is 0. The molecule has 0 aliphatic rings. The van der Waals surface area contributed by atoms with Crippen LogP contribution < -0.4 is 0 Å². The Morgan fingerprint density at radius 1 is 0.706 bits per heavy atom. The van der Waals surface area contributed by atoms with Crippen LogP contribution in [0.5, 0.6) is 5.75 Å². The Balaban J connectivity index is 2.55. The van der Waals surface area contributed by atoms with E-state index in [0.717, 1.165) is 16.2 Å². The highest BCUT2D eigenvalue weighted by molar-refractivity contribution is 6.10. The zero-order valence-electron chi connectivity index (χ0n) is 9.99. The minimum absolute atomic E-state index is 0.363. The van der Waals surface area contributed by atoms with Gasteiger partial charge in [0.25, 0.3) is 0 Å². The van der Waals surface area contributed by atoms with E-state index in [0.29, 0.717) is 5.75 Å². The van der Waals surface area contributed by atoms with Crippen LogP contribution in [0, 0.1) is 13.8 Å². The second kappa shape index (κ2) is 3.49. The van der Waals surface area contributed by atoms with E-state index < -0.39 is 0 Å². The summed E-state index contributed by atoms with van der Waals surface area (Å²) in [6.45, 7) is 4.11. The third-order valence-electron chi connectivity index (χ3n) is 3.24. The summed E-state index contributed by atoms with van der Waals surface area (Å²) in [5.41, 5.74) is 2.38. The maximum Gasteiger partial charge on any atom is 0.124 e. The van der Waals surface area contributed by atoms with Crippen LogP contribution in [0.3, 0.4) is 0 Å². The van der Waals surface area contributed by atoms with Crippen molar-refractivity contribution in [1.82, 2.24) is 0 Å². The van der Waals surface area contributed by atoms with Gasteiger partial charge in [-0.15, -0.1) is 0 Å². The van der Waals surface area contributed by atoms with E-state index in [2.05, 4.69) is 37.3 Å². The summed E-state index contributed by atoms with van der Waals surface area (Å²) in [6.07, 6.45) is 0. The lowest BCUT2D eigenvalue weighted by Crippen LogP contribution is -1.82. The number of rotatable bonds is 0. The summed E-state index contributed by atoms with van der Waals surface area (Å²) in [4.78, 5) is 0. The normalized spacial score (nSPS) is 11.2. The van der Waals surface area contributed by atoms with E-state index in [1.54, 1.807) is 0 Å². The van der Waals surface area contributed by atoms with E-state index in [1.807, 2.05) is 19.1 Å². The maximum absolute atomic E-state index is 10.1. The number of hydrogen-bond donors (Lipinski definition) is 1. The Labute approximate surface area is 100 Å². The molecule has 1 N–H and O–H groups in total. The monoisotopic (exact) mass is 222 g/mol. The number of aromatic hydroxyl groups is 1. The van der Waals surface area contributed by atoms with Gasteiger partial charge in [-0.1, -0.05) is 41.5 Å². The van der Waals surface area contributed by atoms with Crippen molar-refractivity contribution in [2.24, 2.45) is 0 Å². The second-order valence-electron chi connectivity index (χ2n) is 4.67. The lowest BCUT2D eigenvalue weighted by atomic mass is 9.98. The van der Waals surface area contributed by atoms with Crippen LogP contribution in [0.2, 0.25) is 0 Å². The van der Waals surface area contributed by atoms with Crippen LogP contribution in [0.1, 0.15) is 11.1 Å². The fraction of sp³-hybridized carbons (Fsp3) is 0.125. The van der Waals surface area contributed by atoms with Gasteiger partial charge in [0.1, 0.15) is 5.75 Å². The first-order chi connectivity index (χ1) is 8.15. The van der Waals surface area contributed by atoms with Gasteiger partial charge in [-0.05, 0) is 42.1 Å². The third-order valence-corrected chi connectivity index (χ3v) is 3.24. The number of phenolic OH excluding ortho intramolecular Hbond substituents is 1. The average molecular weight is 222 g/mol. The number of phenols is 1. The fourth-order valence-corrected chi connectivity index (χ4v) is 2.38. The molecule has 0 aromatic heterocycles. The molecule has 0 spiro atoms. The summed E-state index contributed by atoms with van der Waals surface area (Å²) < 4.78 is 0. The minimum atomic E-state index is 0.363. The average Bonchev–Trinajstić information content (AvgIpc) is 2.29. The van der Waals surface area contributed by atoms with Gasteiger partial charge in [0, 0.05) is 5.39 Å². The molecule has 0 aliphatic heterocycles. The first kappa shape index (κ1) is 10.2. The number of hydrogen-bond acceptors (Lipinski definition) is 1. The van der Waals surface area contributed by atoms with Crippen molar-refractivity contribution in [3.05, 3.63) is 53.6 Å². The molecule has 0 fully saturated rings. The smallest absolute Gasteiger partial charge is 0.124 e. The van der Waals surface area contributed by atoms with Crippen molar-refractivity contribution in [2.45, 2.75) is 13.8 Å². The zero-order valence-corrected chi connectivity index (χ0v) is 9.99. The van der Waals surface area contributed by atoms with Crippen molar-refractivity contribution >= 4 is 21.5 Å². The first-order valence-electron chi connectivity index (χ1n) is 5.78. The quantitative estimate of drug-likeness (QED) is 0.562. The van der Waals surface area contributed by atoms with Gasteiger partial charge in [-0.2, -0.15) is 0 Å². The Morgan fingerprint density at radius 3 is 2.12 bits per heavy atom. The van der Waals surface area contributed by atoms with E-state index in [4.69, 9.17) is 0 Å². The van der Waals surface area contributed by atoms with E-state index >= 15 is 0 Å². The van der Waals surface area contributed by atoms with Crippen molar-refractivity contribution in [3.63, 3.8) is 0 Å². The van der Waals surface area contributed by atoms with Gasteiger partial charge in [-0.3, -0.25) is 0 Å². The molecule has 0 atom stereocenters. The molecule has 0 amide bonds. The van der Waals surface area contributed by atoms with Crippen LogP contribution in [0.25, 0.3) is 21.5 Å². The van der Waals surface area contributed by atoms with E-state index in [1.165, 1.54) is 16.5 Å². The van der Waals surface area contributed by atoms with Crippen LogP contribution in [-0.2, 0) is 0 Å². The summed E-state index contributed by atoms with van der Waals surface area (Å²) in [5.74, 6) is 0.363. The Kier molecular flexibility index (Phi) is 2.08. The van der Waals surface area contributed by atoms with E-state index in [9.17, 15) is 5.11 Å². The van der Waals surface area contributed by atoms with Gasteiger partial charge >= 0.3 is 0 Å². The molecule has 1 heteroatoms. The van der Waals surface area contributed by atoms with Gasteiger partial charge < -0.3 is 5.11 Å². The van der Waals surface area contributed by atoms with Crippen LogP contribution in [0.4, 0.5) is 0 Å². The number of benzene rings is 3. The van der Waals surface area contributed by atoms with Gasteiger partial charge in [0.2, 0.25) is 0 Å². The maximum atomic E-state index is 10.1. The molecule has 0 radical (unpaired) electrons. The van der Waals surface area contributed by atoms with Crippen LogP contribution in [-0.4, -0.2) is 5.11 Å². The first-order valence-corrected chi connectivity index (χ1v) is 5.78. The zero-order chi connectivity index (χ0) is 12.0. The Morgan fingerprint density at radius 2 is 1.35 bits per heavy atom. The summed E-state index contributed by atoms with van der Waals surface area (Å²) in [5, 5.41) is 14.4. The van der Waals surface area contributed by atoms with Gasteiger partial charge in [0.15, 0.2) is 0 Å². The second-order valence-corrected chi connectivity index (χ2v) is 4.67. The van der Waals surface area contributed by atoms with Gasteiger partial charge in [0.05, 0.1) is 0 Å². The SMILES string of the molecule is Cc1ccc2c(c1)cc(O)c1cc(C)ccc12. The molecule has 1 nitrogen and oxygen atoms in total. The standard InChI is InChI=1S/C16H14O/c1-10-3-5-13-12(7-10)9-16(17)15-8-11(2)4-6-14(13)15/h3-9,17H,1-2H3. The molecule has 0 heterocycles. The van der Waals surface area contributed by atoms with Crippen molar-refractivity contribution in [3.8, 4) is 5.75 Å². The summed E-state index contributed by atoms with van der Waals surface area (Å²) in [6, 6.07) is 14.4. The predicted molar refractivity (Wildman–Crippen MR) is 72.6 cm³/mol. The highest BCUT2D eigenvalue weighted by Crippen LogP contribution is 2.33. The van der Waals surface area contributed by atoms with Crippen LogP contribution >= 0.6 is 0 Å². The number of fused-ring (bicyclic) bond motifs is 3. The predicted octanol–water partition coefficient (Wildman–Crippen LogP) is 4.32. The summed E-state index contributed by atoms with van der Waals surface area (Å²) in [7, 11) is 0. The van der Waals surface area contributed by atoms with Crippen molar-refractivity contribution in [2.75, 3.05) is 0 Å². The van der Waals surface area contributed by atoms with Gasteiger partial charge in [-0.25, -0.2) is 0 Å². The number of aryl methyl sites for hydroxylation is 2. The van der Waals surface area contributed by atoms with Crippen molar-refractivity contribution < 1.29 is 5.11 Å². The fourth-order valence-electron chi connectivity index (χ4n) is 2.38. The lowest BCUT2D eigenvalue weighted by molar-refractivity contribution is 0.482. The topological polar surface area (TPSA) is 20.2 Å². The Hall–Kier alpha value is -2.02. The van der Waals surface area contributed by atoms with Crippen molar-refractivity contribution in [1.29, 1.82) is 0 Å². The largest absolute Gasteiger partial charge is 0.507 e. The molecule has 84 valence electrons.